The maximum Gasteiger partial charge on any atom is 0.227 e. The van der Waals surface area contributed by atoms with Gasteiger partial charge in [-0.3, -0.25) is 4.79 Å². The molecule has 1 aliphatic rings. The number of hydrogen-bond acceptors (Lipinski definition) is 3. The largest absolute Gasteiger partial charge is 0.455 e. The van der Waals surface area contributed by atoms with E-state index in [9.17, 15) is 4.79 Å². The van der Waals surface area contributed by atoms with Crippen molar-refractivity contribution in [3.05, 3.63) is 82.9 Å². The van der Waals surface area contributed by atoms with Gasteiger partial charge in [0.05, 0.1) is 5.69 Å². The summed E-state index contributed by atoms with van der Waals surface area (Å²) in [4.78, 5) is 14.5. The SMILES string of the molecule is Cc1ccc(N2CC(c3ccc(Cl)cc3Oc3ccccc3N)CC2=O)cc1. The van der Waals surface area contributed by atoms with Gasteiger partial charge in [0.2, 0.25) is 5.91 Å². The minimum Gasteiger partial charge on any atom is -0.455 e. The molecule has 1 amide bonds. The van der Waals surface area contributed by atoms with Crippen LogP contribution in [0.1, 0.15) is 23.5 Å². The van der Waals surface area contributed by atoms with Crippen LogP contribution in [0.3, 0.4) is 0 Å². The van der Waals surface area contributed by atoms with Gasteiger partial charge in [0.15, 0.2) is 0 Å². The second-order valence-electron chi connectivity index (χ2n) is 7.06. The molecule has 0 saturated carbocycles. The van der Waals surface area contributed by atoms with Crippen LogP contribution >= 0.6 is 11.6 Å². The van der Waals surface area contributed by atoms with Crippen LogP contribution in [0.4, 0.5) is 11.4 Å². The van der Waals surface area contributed by atoms with Crippen LogP contribution in [0.5, 0.6) is 11.5 Å². The molecule has 0 spiro atoms. The molecule has 1 fully saturated rings. The first-order valence-electron chi connectivity index (χ1n) is 9.20. The Morgan fingerprint density at radius 1 is 1.04 bits per heavy atom. The van der Waals surface area contributed by atoms with E-state index in [0.29, 0.717) is 35.2 Å². The van der Waals surface area contributed by atoms with Crippen molar-refractivity contribution in [3.63, 3.8) is 0 Å². The molecule has 4 nitrogen and oxygen atoms in total. The predicted octanol–water partition coefficient (Wildman–Crippen LogP) is 5.54. The van der Waals surface area contributed by atoms with Crippen LogP contribution in [0.25, 0.3) is 0 Å². The lowest BCUT2D eigenvalue weighted by molar-refractivity contribution is -0.117. The Morgan fingerprint density at radius 2 is 1.79 bits per heavy atom. The number of hydrogen-bond donors (Lipinski definition) is 1. The van der Waals surface area contributed by atoms with Crippen molar-refractivity contribution in [1.82, 2.24) is 0 Å². The lowest BCUT2D eigenvalue weighted by atomic mass is 9.97. The molecule has 1 aliphatic heterocycles. The van der Waals surface area contributed by atoms with E-state index >= 15 is 0 Å². The maximum absolute atomic E-state index is 12.7. The standard InChI is InChI=1S/C23H21ClN2O2/c1-15-6-9-18(10-7-15)26-14-16(12-23(26)27)19-11-8-17(24)13-22(19)28-21-5-3-2-4-20(21)25/h2-11,13,16H,12,14,25H2,1H3. The molecule has 0 aromatic heterocycles. The number of aryl methyl sites for hydroxylation is 1. The van der Waals surface area contributed by atoms with E-state index in [4.69, 9.17) is 22.1 Å². The van der Waals surface area contributed by atoms with Crippen molar-refractivity contribution < 1.29 is 9.53 Å². The summed E-state index contributed by atoms with van der Waals surface area (Å²) in [7, 11) is 0. The molecule has 2 N–H and O–H groups in total. The van der Waals surface area contributed by atoms with Crippen LogP contribution in [0.2, 0.25) is 5.02 Å². The highest BCUT2D eigenvalue weighted by molar-refractivity contribution is 6.30. The monoisotopic (exact) mass is 392 g/mol. The van der Waals surface area contributed by atoms with Crippen LogP contribution in [0, 0.1) is 6.92 Å². The molecule has 3 aromatic rings. The highest BCUT2D eigenvalue weighted by Crippen LogP contribution is 2.40. The number of ether oxygens (including phenoxy) is 1. The third-order valence-electron chi connectivity index (χ3n) is 5.03. The number of para-hydroxylation sites is 2. The van der Waals surface area contributed by atoms with Crippen LogP contribution in [-0.4, -0.2) is 12.5 Å². The zero-order chi connectivity index (χ0) is 19.7. The van der Waals surface area contributed by atoms with E-state index in [0.717, 1.165) is 11.3 Å². The molecule has 0 radical (unpaired) electrons. The Balaban J connectivity index is 1.63. The topological polar surface area (TPSA) is 55.6 Å². The second-order valence-corrected chi connectivity index (χ2v) is 7.50. The molecule has 142 valence electrons. The van der Waals surface area contributed by atoms with Gasteiger partial charge < -0.3 is 15.4 Å². The lowest BCUT2D eigenvalue weighted by Crippen LogP contribution is -2.24. The highest BCUT2D eigenvalue weighted by atomic mass is 35.5. The van der Waals surface area contributed by atoms with E-state index in [1.54, 1.807) is 12.1 Å². The van der Waals surface area contributed by atoms with Crippen molar-refractivity contribution in [2.45, 2.75) is 19.3 Å². The quantitative estimate of drug-likeness (QED) is 0.593. The summed E-state index contributed by atoms with van der Waals surface area (Å²) in [6, 6.07) is 20.9. The number of amides is 1. The van der Waals surface area contributed by atoms with Gasteiger partial charge in [-0.15, -0.1) is 0 Å². The third-order valence-corrected chi connectivity index (χ3v) is 5.26. The van der Waals surface area contributed by atoms with Crippen molar-refractivity contribution >= 4 is 28.9 Å². The Hall–Kier alpha value is -2.98. The zero-order valence-corrected chi connectivity index (χ0v) is 16.3. The van der Waals surface area contributed by atoms with Gasteiger partial charge >= 0.3 is 0 Å². The Labute approximate surface area is 169 Å². The second kappa shape index (κ2) is 7.56. The molecule has 0 aliphatic carbocycles. The molecule has 1 atom stereocenters. The first kappa shape index (κ1) is 18.4. The third kappa shape index (κ3) is 3.69. The van der Waals surface area contributed by atoms with Crippen LogP contribution < -0.4 is 15.4 Å². The molecule has 0 bridgehead atoms. The molecule has 5 heteroatoms. The van der Waals surface area contributed by atoms with Crippen molar-refractivity contribution in [2.24, 2.45) is 0 Å². The number of carbonyl (C=O) groups is 1. The average molecular weight is 393 g/mol. The molecule has 1 saturated heterocycles. The van der Waals surface area contributed by atoms with Gasteiger partial charge in [0, 0.05) is 35.2 Å². The zero-order valence-electron chi connectivity index (χ0n) is 15.6. The normalized spacial score (nSPS) is 16.4. The van der Waals surface area contributed by atoms with E-state index in [1.165, 1.54) is 5.56 Å². The molecular formula is C23H21ClN2O2. The van der Waals surface area contributed by atoms with Crippen LogP contribution in [0.15, 0.2) is 66.7 Å². The summed E-state index contributed by atoms with van der Waals surface area (Å²) in [5.41, 5.74) is 9.61. The average Bonchev–Trinajstić information content (AvgIpc) is 3.06. The first-order chi connectivity index (χ1) is 13.5. The predicted molar refractivity (Wildman–Crippen MR) is 113 cm³/mol. The Kier molecular flexibility index (Phi) is 4.97. The summed E-state index contributed by atoms with van der Waals surface area (Å²) in [5, 5.41) is 0.577. The van der Waals surface area contributed by atoms with Crippen molar-refractivity contribution in [2.75, 3.05) is 17.2 Å². The Morgan fingerprint density at radius 3 is 2.54 bits per heavy atom. The number of nitrogen functional groups attached to an aromatic ring is 1. The number of carbonyl (C=O) groups excluding carboxylic acids is 1. The summed E-state index contributed by atoms with van der Waals surface area (Å²) >= 11 is 6.21. The Bertz CT molecular complexity index is 1020. The molecular weight excluding hydrogens is 372 g/mol. The fraction of sp³-hybridized carbons (Fsp3) is 0.174. The molecule has 1 unspecified atom stereocenters. The van der Waals surface area contributed by atoms with Gasteiger partial charge in [-0.25, -0.2) is 0 Å². The number of anilines is 2. The summed E-state index contributed by atoms with van der Waals surface area (Å²) in [5.74, 6) is 1.33. The molecule has 1 heterocycles. The van der Waals surface area contributed by atoms with Gasteiger partial charge in [-0.2, -0.15) is 0 Å². The maximum atomic E-state index is 12.7. The fourth-order valence-electron chi connectivity index (χ4n) is 3.52. The van der Waals surface area contributed by atoms with E-state index in [2.05, 4.69) is 0 Å². The van der Waals surface area contributed by atoms with Crippen molar-refractivity contribution in [3.8, 4) is 11.5 Å². The molecule has 4 rings (SSSR count). The highest BCUT2D eigenvalue weighted by Gasteiger charge is 2.33. The van der Waals surface area contributed by atoms with E-state index in [1.807, 2.05) is 66.4 Å². The summed E-state index contributed by atoms with van der Waals surface area (Å²) < 4.78 is 6.09. The number of nitrogens with two attached hydrogens (primary N) is 1. The number of rotatable bonds is 4. The lowest BCUT2D eigenvalue weighted by Gasteiger charge is -2.19. The fourth-order valence-corrected chi connectivity index (χ4v) is 3.68. The minimum atomic E-state index is 0.0195. The number of halogens is 1. The van der Waals surface area contributed by atoms with Gasteiger partial charge in [-0.1, -0.05) is 47.5 Å². The molecule has 28 heavy (non-hydrogen) atoms. The van der Waals surface area contributed by atoms with Gasteiger partial charge in [-0.05, 0) is 43.3 Å². The first-order valence-corrected chi connectivity index (χ1v) is 9.58. The molecule has 3 aromatic carbocycles. The smallest absolute Gasteiger partial charge is 0.227 e. The van der Waals surface area contributed by atoms with Crippen LogP contribution in [-0.2, 0) is 4.79 Å². The van der Waals surface area contributed by atoms with E-state index < -0.39 is 0 Å². The number of nitrogens with zero attached hydrogens (tertiary/aromatic N) is 1. The van der Waals surface area contributed by atoms with E-state index in [-0.39, 0.29) is 11.8 Å². The summed E-state index contributed by atoms with van der Waals surface area (Å²) in [6.45, 7) is 2.63. The summed E-state index contributed by atoms with van der Waals surface area (Å²) in [6.07, 6.45) is 0.427. The minimum absolute atomic E-state index is 0.0195. The van der Waals surface area contributed by atoms with Gasteiger partial charge in [0.25, 0.3) is 0 Å². The number of benzene rings is 3. The van der Waals surface area contributed by atoms with Crippen molar-refractivity contribution in [1.29, 1.82) is 0 Å². The van der Waals surface area contributed by atoms with Gasteiger partial charge in [0.1, 0.15) is 11.5 Å².